The van der Waals surface area contributed by atoms with Crippen LogP contribution in [0, 0.1) is 17.6 Å². The Morgan fingerprint density at radius 2 is 2.16 bits per heavy atom. The second-order valence-electron chi connectivity index (χ2n) is 4.63. The van der Waals surface area contributed by atoms with Gasteiger partial charge in [-0.2, -0.15) is 0 Å². The average molecular weight is 284 g/mol. The predicted octanol–water partition coefficient (Wildman–Crippen LogP) is 2.71. The van der Waals surface area contributed by atoms with Crippen LogP contribution in [0.15, 0.2) is 23.2 Å². The van der Waals surface area contributed by atoms with Crippen molar-refractivity contribution in [2.45, 2.75) is 25.6 Å². The molecule has 1 heterocycles. The molecule has 102 valence electrons. The second-order valence-corrected chi connectivity index (χ2v) is 5.76. The summed E-state index contributed by atoms with van der Waals surface area (Å²) < 4.78 is 26.1. The molecule has 3 nitrogen and oxygen atoms in total. The summed E-state index contributed by atoms with van der Waals surface area (Å²) in [5.41, 5.74) is 0.303. The summed E-state index contributed by atoms with van der Waals surface area (Å²) in [6, 6.07) is 3.37. The molecule has 2 rings (SSSR count). The van der Waals surface area contributed by atoms with E-state index in [2.05, 4.69) is 10.3 Å². The zero-order valence-electron chi connectivity index (χ0n) is 10.6. The van der Waals surface area contributed by atoms with Gasteiger partial charge in [-0.05, 0) is 12.0 Å². The van der Waals surface area contributed by atoms with Crippen molar-refractivity contribution in [3.63, 3.8) is 0 Å². The number of nitrogens with one attached hydrogen (secondary N) is 1. The third kappa shape index (κ3) is 3.32. The fourth-order valence-electron chi connectivity index (χ4n) is 1.70. The molecule has 19 heavy (non-hydrogen) atoms. The van der Waals surface area contributed by atoms with E-state index >= 15 is 0 Å². The molecule has 1 N–H and O–H groups in total. The molecule has 1 aromatic rings. The van der Waals surface area contributed by atoms with Gasteiger partial charge >= 0.3 is 0 Å². The van der Waals surface area contributed by atoms with Gasteiger partial charge in [-0.25, -0.2) is 8.78 Å². The molecule has 1 unspecified atom stereocenters. The first kappa shape index (κ1) is 14.0. The maximum Gasteiger partial charge on any atom is 0.239 e. The molecule has 1 aromatic carbocycles. The van der Waals surface area contributed by atoms with E-state index in [0.717, 1.165) is 6.07 Å². The molecule has 1 fully saturated rings. The number of hydrogen-bond donors (Lipinski definition) is 1. The van der Waals surface area contributed by atoms with Crippen LogP contribution in [0.3, 0.4) is 0 Å². The highest BCUT2D eigenvalue weighted by molar-refractivity contribution is 8.15. The Bertz CT molecular complexity index is 531. The fourth-order valence-corrected chi connectivity index (χ4v) is 2.68. The van der Waals surface area contributed by atoms with Gasteiger partial charge in [0, 0.05) is 11.6 Å². The molecule has 0 aliphatic carbocycles. The van der Waals surface area contributed by atoms with Gasteiger partial charge in [0.05, 0.1) is 11.8 Å². The summed E-state index contributed by atoms with van der Waals surface area (Å²) in [5.74, 6) is -1.10. The van der Waals surface area contributed by atoms with E-state index in [0.29, 0.717) is 10.7 Å². The Morgan fingerprint density at radius 1 is 1.42 bits per heavy atom. The first-order chi connectivity index (χ1) is 8.97. The Labute approximate surface area is 114 Å². The monoisotopic (exact) mass is 284 g/mol. The highest BCUT2D eigenvalue weighted by atomic mass is 32.2. The number of carbonyl (C=O) groups is 1. The number of carbonyl (C=O) groups excluding carboxylic acids is 1. The number of amides is 1. The van der Waals surface area contributed by atoms with Crippen molar-refractivity contribution < 1.29 is 13.6 Å². The lowest BCUT2D eigenvalue weighted by atomic mass is 10.1. The number of halogens is 2. The molecular formula is C13H14F2N2OS. The Hall–Kier alpha value is -1.43. The van der Waals surface area contributed by atoms with Gasteiger partial charge in [0.2, 0.25) is 5.91 Å². The zero-order valence-corrected chi connectivity index (χ0v) is 11.4. The minimum Gasteiger partial charge on any atom is -0.304 e. The Morgan fingerprint density at radius 3 is 2.74 bits per heavy atom. The van der Waals surface area contributed by atoms with Crippen LogP contribution in [0.1, 0.15) is 19.4 Å². The summed E-state index contributed by atoms with van der Waals surface area (Å²) in [6.45, 7) is 4.00. The third-order valence-corrected chi connectivity index (χ3v) is 4.21. The zero-order chi connectivity index (χ0) is 14.0. The summed E-state index contributed by atoms with van der Waals surface area (Å²) in [5, 5.41) is 3.00. The van der Waals surface area contributed by atoms with Crippen LogP contribution in [-0.2, 0) is 11.3 Å². The average Bonchev–Trinajstić information content (AvgIpc) is 2.69. The van der Waals surface area contributed by atoms with Gasteiger partial charge in [-0.15, -0.1) is 0 Å². The summed E-state index contributed by atoms with van der Waals surface area (Å²) in [4.78, 5) is 15.8. The van der Waals surface area contributed by atoms with Crippen LogP contribution in [0.4, 0.5) is 8.78 Å². The fraction of sp³-hybridized carbons (Fsp3) is 0.385. The number of rotatable bonds is 3. The van der Waals surface area contributed by atoms with Crippen molar-refractivity contribution >= 4 is 22.8 Å². The van der Waals surface area contributed by atoms with Crippen LogP contribution >= 0.6 is 11.8 Å². The maximum absolute atomic E-state index is 13.4. The molecule has 1 amide bonds. The van der Waals surface area contributed by atoms with E-state index in [1.165, 1.54) is 23.9 Å². The molecule has 0 bridgehead atoms. The van der Waals surface area contributed by atoms with Crippen LogP contribution in [0.2, 0.25) is 0 Å². The summed E-state index contributed by atoms with van der Waals surface area (Å²) in [7, 11) is 0. The van der Waals surface area contributed by atoms with Crippen molar-refractivity contribution in [3.05, 3.63) is 35.4 Å². The van der Waals surface area contributed by atoms with Crippen molar-refractivity contribution in [1.82, 2.24) is 5.32 Å². The van der Waals surface area contributed by atoms with E-state index in [9.17, 15) is 13.6 Å². The number of nitrogens with zero attached hydrogens (tertiary/aromatic N) is 1. The lowest BCUT2D eigenvalue weighted by Crippen LogP contribution is -2.27. The van der Waals surface area contributed by atoms with Gasteiger partial charge in [-0.3, -0.25) is 9.79 Å². The minimum atomic E-state index is -0.626. The highest BCUT2D eigenvalue weighted by Crippen LogP contribution is 2.26. The SMILES string of the molecule is CC(C)C1SC(=NCc2ccc(F)cc2F)NC1=O. The van der Waals surface area contributed by atoms with E-state index in [1.54, 1.807) is 0 Å². The number of hydrogen-bond acceptors (Lipinski definition) is 3. The second kappa shape index (κ2) is 5.69. The van der Waals surface area contributed by atoms with Crippen LogP contribution < -0.4 is 5.32 Å². The molecule has 1 aliphatic heterocycles. The van der Waals surface area contributed by atoms with Crippen molar-refractivity contribution in [1.29, 1.82) is 0 Å². The van der Waals surface area contributed by atoms with Gasteiger partial charge in [0.15, 0.2) is 5.17 Å². The number of amidine groups is 1. The minimum absolute atomic E-state index is 0.0710. The van der Waals surface area contributed by atoms with Gasteiger partial charge < -0.3 is 5.32 Å². The molecule has 0 aromatic heterocycles. The molecule has 0 saturated carbocycles. The van der Waals surface area contributed by atoms with Gasteiger partial charge in [-0.1, -0.05) is 31.7 Å². The van der Waals surface area contributed by atoms with Crippen molar-refractivity contribution in [2.24, 2.45) is 10.9 Å². The number of benzene rings is 1. The smallest absolute Gasteiger partial charge is 0.239 e. The van der Waals surface area contributed by atoms with E-state index in [1.807, 2.05) is 13.8 Å². The van der Waals surface area contributed by atoms with E-state index in [-0.39, 0.29) is 23.6 Å². The number of aliphatic imine (C=N–C) groups is 1. The van der Waals surface area contributed by atoms with E-state index in [4.69, 9.17) is 0 Å². The topological polar surface area (TPSA) is 41.5 Å². The molecular weight excluding hydrogens is 270 g/mol. The molecule has 1 aliphatic rings. The molecule has 1 atom stereocenters. The van der Waals surface area contributed by atoms with Crippen LogP contribution in [0.5, 0.6) is 0 Å². The van der Waals surface area contributed by atoms with Gasteiger partial charge in [0.1, 0.15) is 11.6 Å². The maximum atomic E-state index is 13.4. The highest BCUT2D eigenvalue weighted by Gasteiger charge is 2.32. The molecule has 1 saturated heterocycles. The Kier molecular flexibility index (Phi) is 4.19. The first-order valence-corrected chi connectivity index (χ1v) is 6.81. The molecule has 6 heteroatoms. The standard InChI is InChI=1S/C13H14F2N2OS/c1-7(2)11-12(18)17-13(19-11)16-6-8-3-4-9(14)5-10(8)15/h3-5,7,11H,6H2,1-2H3,(H,16,17,18). The summed E-state index contributed by atoms with van der Waals surface area (Å²) >= 11 is 1.35. The van der Waals surface area contributed by atoms with E-state index < -0.39 is 11.6 Å². The van der Waals surface area contributed by atoms with Gasteiger partial charge in [0.25, 0.3) is 0 Å². The van der Waals surface area contributed by atoms with Crippen LogP contribution in [0.25, 0.3) is 0 Å². The quantitative estimate of drug-likeness (QED) is 0.927. The molecule has 0 radical (unpaired) electrons. The predicted molar refractivity (Wildman–Crippen MR) is 71.9 cm³/mol. The lowest BCUT2D eigenvalue weighted by Gasteiger charge is -2.07. The van der Waals surface area contributed by atoms with Crippen molar-refractivity contribution in [3.8, 4) is 0 Å². The summed E-state index contributed by atoms with van der Waals surface area (Å²) in [6.07, 6.45) is 0. The van der Waals surface area contributed by atoms with Crippen LogP contribution in [-0.4, -0.2) is 16.3 Å². The number of thioether (sulfide) groups is 1. The van der Waals surface area contributed by atoms with Crippen molar-refractivity contribution in [2.75, 3.05) is 0 Å². The Balaban J connectivity index is 2.06. The third-order valence-electron chi connectivity index (χ3n) is 2.74. The normalized spacial score (nSPS) is 21.2. The largest absolute Gasteiger partial charge is 0.304 e. The molecule has 0 spiro atoms. The lowest BCUT2D eigenvalue weighted by molar-refractivity contribution is -0.119. The first-order valence-electron chi connectivity index (χ1n) is 5.93.